The van der Waals surface area contributed by atoms with E-state index in [0.717, 1.165) is 36.0 Å². The summed E-state index contributed by atoms with van der Waals surface area (Å²) < 4.78 is 0. The van der Waals surface area contributed by atoms with Gasteiger partial charge in [-0.25, -0.2) is 0 Å². The van der Waals surface area contributed by atoms with Crippen LogP contribution in [0, 0.1) is 17.2 Å². The van der Waals surface area contributed by atoms with Gasteiger partial charge in [0.25, 0.3) is 5.91 Å². The average Bonchev–Trinajstić information content (AvgIpc) is 3.04. The molecule has 0 saturated heterocycles. The normalized spacial score (nSPS) is 15.6. The minimum Gasteiger partial charge on any atom is -0.312 e. The Labute approximate surface area is 163 Å². The molecule has 0 aliphatic heterocycles. The summed E-state index contributed by atoms with van der Waals surface area (Å²) in [6.07, 6.45) is 3.03. The smallest absolute Gasteiger partial charge is 0.256 e. The molecule has 27 heavy (non-hydrogen) atoms. The molecule has 3 nitrogen and oxygen atoms in total. The van der Waals surface area contributed by atoms with Gasteiger partial charge in [0.1, 0.15) is 11.1 Å². The van der Waals surface area contributed by atoms with Crippen LogP contribution in [0.1, 0.15) is 39.7 Å². The van der Waals surface area contributed by atoms with Crippen LogP contribution in [0.4, 0.5) is 5.00 Å². The van der Waals surface area contributed by atoms with Crippen LogP contribution in [0.25, 0.3) is 11.1 Å². The molecule has 2 aromatic carbocycles. The van der Waals surface area contributed by atoms with E-state index in [1.54, 1.807) is 11.3 Å². The van der Waals surface area contributed by atoms with Gasteiger partial charge >= 0.3 is 0 Å². The van der Waals surface area contributed by atoms with E-state index in [0.29, 0.717) is 22.0 Å². The van der Waals surface area contributed by atoms with Gasteiger partial charge in [-0.3, -0.25) is 4.79 Å². The second-order valence-electron chi connectivity index (χ2n) is 7.07. The number of thiophene rings is 1. The Morgan fingerprint density at radius 1 is 1.11 bits per heavy atom. The van der Waals surface area contributed by atoms with Crippen molar-refractivity contribution in [2.45, 2.75) is 26.2 Å². The number of nitrogens with one attached hydrogen (secondary N) is 1. The third kappa shape index (κ3) is 3.51. The SMILES string of the molecule is C[C@H]1CCc2c(sc(NC(=O)c3ccc(-c4ccccc4)cc3)c2C#N)C1. The quantitative estimate of drug-likeness (QED) is 0.644. The van der Waals surface area contributed by atoms with Crippen LogP contribution in [0.2, 0.25) is 0 Å². The molecule has 1 atom stereocenters. The zero-order chi connectivity index (χ0) is 18.8. The molecule has 1 amide bonds. The van der Waals surface area contributed by atoms with Crippen molar-refractivity contribution in [3.8, 4) is 17.2 Å². The van der Waals surface area contributed by atoms with Gasteiger partial charge in [-0.1, -0.05) is 49.4 Å². The first-order valence-electron chi connectivity index (χ1n) is 9.17. The predicted octanol–water partition coefficient (Wildman–Crippen LogP) is 5.66. The van der Waals surface area contributed by atoms with Crippen molar-refractivity contribution in [1.82, 2.24) is 0 Å². The van der Waals surface area contributed by atoms with Crippen molar-refractivity contribution in [3.63, 3.8) is 0 Å². The van der Waals surface area contributed by atoms with Crippen LogP contribution in [-0.4, -0.2) is 5.91 Å². The van der Waals surface area contributed by atoms with E-state index >= 15 is 0 Å². The zero-order valence-electron chi connectivity index (χ0n) is 15.2. The van der Waals surface area contributed by atoms with E-state index < -0.39 is 0 Å². The lowest BCUT2D eigenvalue weighted by molar-refractivity contribution is 0.102. The number of nitriles is 1. The highest BCUT2D eigenvalue weighted by atomic mass is 32.1. The van der Waals surface area contributed by atoms with Crippen molar-refractivity contribution in [2.75, 3.05) is 5.32 Å². The van der Waals surface area contributed by atoms with E-state index in [9.17, 15) is 10.1 Å². The zero-order valence-corrected chi connectivity index (χ0v) is 16.0. The molecule has 1 heterocycles. The summed E-state index contributed by atoms with van der Waals surface area (Å²) in [4.78, 5) is 13.9. The van der Waals surface area contributed by atoms with Gasteiger partial charge in [0.2, 0.25) is 0 Å². The maximum Gasteiger partial charge on any atom is 0.256 e. The highest BCUT2D eigenvalue weighted by molar-refractivity contribution is 7.16. The molecule has 1 aliphatic carbocycles. The highest BCUT2D eigenvalue weighted by Crippen LogP contribution is 2.39. The first kappa shape index (κ1) is 17.5. The molecule has 0 bridgehead atoms. The van der Waals surface area contributed by atoms with E-state index in [2.05, 4.69) is 18.3 Å². The molecular formula is C23H20N2OS. The van der Waals surface area contributed by atoms with Crippen molar-refractivity contribution in [1.29, 1.82) is 5.26 Å². The predicted molar refractivity (Wildman–Crippen MR) is 110 cm³/mol. The van der Waals surface area contributed by atoms with E-state index in [1.807, 2.05) is 54.6 Å². The summed E-state index contributed by atoms with van der Waals surface area (Å²) in [6, 6.07) is 20.0. The number of hydrogen-bond acceptors (Lipinski definition) is 3. The second-order valence-corrected chi connectivity index (χ2v) is 8.17. The number of hydrogen-bond donors (Lipinski definition) is 1. The van der Waals surface area contributed by atoms with E-state index in [4.69, 9.17) is 0 Å². The number of fused-ring (bicyclic) bond motifs is 1. The van der Waals surface area contributed by atoms with Crippen LogP contribution >= 0.6 is 11.3 Å². The van der Waals surface area contributed by atoms with Crippen LogP contribution in [-0.2, 0) is 12.8 Å². The lowest BCUT2D eigenvalue weighted by atomic mass is 9.88. The number of anilines is 1. The van der Waals surface area contributed by atoms with Gasteiger partial charge in [-0.15, -0.1) is 11.3 Å². The molecule has 1 N–H and O–H groups in total. The number of benzene rings is 2. The molecule has 1 aliphatic rings. The number of nitrogens with zero attached hydrogens (tertiary/aromatic N) is 1. The summed E-state index contributed by atoms with van der Waals surface area (Å²) in [5.41, 5.74) is 4.58. The Morgan fingerprint density at radius 2 is 1.81 bits per heavy atom. The number of carbonyl (C=O) groups is 1. The molecule has 0 radical (unpaired) electrons. The van der Waals surface area contributed by atoms with Crippen molar-refractivity contribution >= 4 is 22.2 Å². The Hall–Kier alpha value is -2.90. The summed E-state index contributed by atoms with van der Waals surface area (Å²) in [5.74, 6) is 0.467. The summed E-state index contributed by atoms with van der Waals surface area (Å²) in [6.45, 7) is 2.24. The minimum atomic E-state index is -0.169. The third-order valence-electron chi connectivity index (χ3n) is 5.10. The topological polar surface area (TPSA) is 52.9 Å². The lowest BCUT2D eigenvalue weighted by Crippen LogP contribution is -2.12. The largest absolute Gasteiger partial charge is 0.312 e. The first-order valence-corrected chi connectivity index (χ1v) is 9.99. The van der Waals surface area contributed by atoms with E-state index in [-0.39, 0.29) is 5.91 Å². The summed E-state index contributed by atoms with van der Waals surface area (Å²) >= 11 is 1.56. The molecule has 4 rings (SSSR count). The Bertz CT molecular complexity index is 1010. The molecule has 0 spiro atoms. The lowest BCUT2D eigenvalue weighted by Gasteiger charge is -2.17. The standard InChI is InChI=1S/C23H20N2OS/c1-15-7-12-19-20(14-24)23(27-21(19)13-15)25-22(26)18-10-8-17(9-11-18)16-5-3-2-4-6-16/h2-6,8-11,15H,7,12-13H2,1H3,(H,25,26)/t15-/m0/s1. The molecule has 0 saturated carbocycles. The summed E-state index contributed by atoms with van der Waals surface area (Å²) in [7, 11) is 0. The molecule has 0 unspecified atom stereocenters. The van der Waals surface area contributed by atoms with Crippen LogP contribution in [0.15, 0.2) is 54.6 Å². The van der Waals surface area contributed by atoms with Crippen LogP contribution in [0.3, 0.4) is 0 Å². The highest BCUT2D eigenvalue weighted by Gasteiger charge is 2.24. The third-order valence-corrected chi connectivity index (χ3v) is 6.27. The fraction of sp³-hybridized carbons (Fsp3) is 0.217. The second kappa shape index (κ2) is 7.38. The fourth-order valence-electron chi connectivity index (χ4n) is 3.58. The van der Waals surface area contributed by atoms with E-state index in [1.165, 1.54) is 4.88 Å². The van der Waals surface area contributed by atoms with Gasteiger partial charge in [0.05, 0.1) is 5.56 Å². The Balaban J connectivity index is 1.55. The van der Waals surface area contributed by atoms with Gasteiger partial charge in [0, 0.05) is 10.4 Å². The van der Waals surface area contributed by atoms with Crippen molar-refractivity contribution in [3.05, 3.63) is 76.2 Å². The van der Waals surface area contributed by atoms with Crippen LogP contribution in [0.5, 0.6) is 0 Å². The van der Waals surface area contributed by atoms with Gasteiger partial charge in [-0.2, -0.15) is 5.26 Å². The first-order chi connectivity index (χ1) is 13.2. The maximum atomic E-state index is 12.7. The Kier molecular flexibility index (Phi) is 4.79. The number of carbonyl (C=O) groups excluding carboxylic acids is 1. The monoisotopic (exact) mass is 372 g/mol. The van der Waals surface area contributed by atoms with Gasteiger partial charge in [0.15, 0.2) is 0 Å². The molecular weight excluding hydrogens is 352 g/mol. The fourth-order valence-corrected chi connectivity index (χ4v) is 4.93. The van der Waals surface area contributed by atoms with Crippen molar-refractivity contribution in [2.24, 2.45) is 5.92 Å². The average molecular weight is 372 g/mol. The Morgan fingerprint density at radius 3 is 2.52 bits per heavy atom. The minimum absolute atomic E-state index is 0.169. The molecule has 4 heteroatoms. The number of rotatable bonds is 3. The summed E-state index contributed by atoms with van der Waals surface area (Å²) in [5, 5.41) is 13.2. The van der Waals surface area contributed by atoms with Crippen LogP contribution < -0.4 is 5.32 Å². The molecule has 3 aromatic rings. The van der Waals surface area contributed by atoms with Gasteiger partial charge < -0.3 is 5.32 Å². The molecule has 1 aromatic heterocycles. The molecule has 134 valence electrons. The number of amides is 1. The van der Waals surface area contributed by atoms with Gasteiger partial charge in [-0.05, 0) is 54.0 Å². The molecule has 0 fully saturated rings. The van der Waals surface area contributed by atoms with Crippen molar-refractivity contribution < 1.29 is 4.79 Å². The maximum absolute atomic E-state index is 12.7.